The third kappa shape index (κ3) is 4.07. The lowest BCUT2D eigenvalue weighted by Crippen LogP contribution is -2.35. The van der Waals surface area contributed by atoms with Gasteiger partial charge in [0.2, 0.25) is 10.0 Å². The van der Waals surface area contributed by atoms with Gasteiger partial charge in [-0.05, 0) is 47.8 Å². The first-order valence-corrected chi connectivity index (χ1v) is 10.5. The lowest BCUT2D eigenvalue weighted by Gasteiger charge is -2.23. The maximum absolute atomic E-state index is 12.8. The molecule has 1 heterocycles. The molecule has 0 spiro atoms. The molecule has 21 heavy (non-hydrogen) atoms. The molecule has 120 valence electrons. The Kier molecular flexibility index (Phi) is 6.25. The zero-order chi connectivity index (χ0) is 15.5. The van der Waals surface area contributed by atoms with Crippen LogP contribution in [0.5, 0.6) is 0 Å². The Bertz CT molecular complexity index is 566. The fourth-order valence-electron chi connectivity index (χ4n) is 2.67. The molecule has 1 saturated carbocycles. The maximum atomic E-state index is 12.8. The van der Waals surface area contributed by atoms with Gasteiger partial charge in [0, 0.05) is 24.5 Å². The molecule has 0 aromatic carbocycles. The van der Waals surface area contributed by atoms with E-state index in [4.69, 9.17) is 0 Å². The van der Waals surface area contributed by atoms with E-state index < -0.39 is 10.0 Å². The van der Waals surface area contributed by atoms with Crippen molar-refractivity contribution in [3.8, 4) is 0 Å². The van der Waals surface area contributed by atoms with E-state index in [0.717, 1.165) is 50.1 Å². The van der Waals surface area contributed by atoms with E-state index in [1.165, 1.54) is 11.3 Å². The number of halogens is 1. The number of nitrogens with zero attached hydrogens (tertiary/aromatic N) is 1. The standard InChI is InChI=1S/C14H23BrN2O2S2/c1-3-8-16-10-12-9-13(14(15)20-12)21(18,19)17(2)11-6-4-5-7-11/h9,11,16H,3-8,10H2,1-2H3. The summed E-state index contributed by atoms with van der Waals surface area (Å²) in [4.78, 5) is 1.46. The van der Waals surface area contributed by atoms with Gasteiger partial charge in [-0.3, -0.25) is 0 Å². The summed E-state index contributed by atoms with van der Waals surface area (Å²) in [5.41, 5.74) is 0. The first-order valence-electron chi connectivity index (χ1n) is 7.43. The molecule has 1 aliphatic carbocycles. The molecule has 4 nitrogen and oxygen atoms in total. The van der Waals surface area contributed by atoms with Crippen molar-refractivity contribution in [1.29, 1.82) is 0 Å². The molecule has 2 rings (SSSR count). The highest BCUT2D eigenvalue weighted by molar-refractivity contribution is 9.11. The van der Waals surface area contributed by atoms with Crippen LogP contribution in [0.25, 0.3) is 0 Å². The summed E-state index contributed by atoms with van der Waals surface area (Å²) in [5.74, 6) is 0. The summed E-state index contributed by atoms with van der Waals surface area (Å²) in [6.45, 7) is 3.78. The molecule has 0 atom stereocenters. The van der Waals surface area contributed by atoms with Crippen LogP contribution in [-0.2, 0) is 16.6 Å². The average Bonchev–Trinajstić information content (AvgIpc) is 3.08. The Hall–Kier alpha value is 0.0500. The van der Waals surface area contributed by atoms with Crippen molar-refractivity contribution in [1.82, 2.24) is 9.62 Å². The van der Waals surface area contributed by atoms with E-state index in [9.17, 15) is 8.42 Å². The smallest absolute Gasteiger partial charge is 0.245 e. The second kappa shape index (κ2) is 7.55. The minimum Gasteiger partial charge on any atom is -0.312 e. The van der Waals surface area contributed by atoms with E-state index in [0.29, 0.717) is 8.68 Å². The van der Waals surface area contributed by atoms with Crippen molar-refractivity contribution in [2.45, 2.75) is 56.5 Å². The second-order valence-electron chi connectivity index (χ2n) is 5.49. The Morgan fingerprint density at radius 3 is 2.71 bits per heavy atom. The molecule has 0 unspecified atom stereocenters. The minimum atomic E-state index is -3.39. The van der Waals surface area contributed by atoms with E-state index in [1.54, 1.807) is 17.4 Å². The van der Waals surface area contributed by atoms with Crippen molar-refractivity contribution in [3.63, 3.8) is 0 Å². The lowest BCUT2D eigenvalue weighted by molar-refractivity contribution is 0.373. The van der Waals surface area contributed by atoms with E-state index in [1.807, 2.05) is 0 Å². The number of sulfonamides is 1. The van der Waals surface area contributed by atoms with Crippen LogP contribution in [0.2, 0.25) is 0 Å². The fraction of sp³-hybridized carbons (Fsp3) is 0.714. The molecular weight excluding hydrogens is 372 g/mol. The predicted molar refractivity (Wildman–Crippen MR) is 91.2 cm³/mol. The molecule has 1 N–H and O–H groups in total. The van der Waals surface area contributed by atoms with Gasteiger partial charge >= 0.3 is 0 Å². The highest BCUT2D eigenvalue weighted by Crippen LogP contribution is 2.35. The van der Waals surface area contributed by atoms with Gasteiger partial charge in [0.25, 0.3) is 0 Å². The topological polar surface area (TPSA) is 49.4 Å². The normalized spacial score (nSPS) is 17.0. The number of thiophene rings is 1. The number of hydrogen-bond acceptors (Lipinski definition) is 4. The van der Waals surface area contributed by atoms with Gasteiger partial charge in [0.1, 0.15) is 4.90 Å². The Balaban J connectivity index is 2.15. The SMILES string of the molecule is CCCNCc1cc(S(=O)(=O)N(C)C2CCCC2)c(Br)s1. The molecule has 1 aromatic heterocycles. The van der Waals surface area contributed by atoms with Crippen LogP contribution in [0.4, 0.5) is 0 Å². The van der Waals surface area contributed by atoms with Crippen molar-refractivity contribution in [3.05, 3.63) is 14.7 Å². The molecular formula is C14H23BrN2O2S2. The lowest BCUT2D eigenvalue weighted by atomic mass is 10.3. The molecule has 1 aromatic rings. The first kappa shape index (κ1) is 17.4. The van der Waals surface area contributed by atoms with Gasteiger partial charge in [0.05, 0.1) is 3.79 Å². The van der Waals surface area contributed by atoms with Gasteiger partial charge < -0.3 is 5.32 Å². The molecule has 0 amide bonds. The summed E-state index contributed by atoms with van der Waals surface area (Å²) in [6.07, 6.45) is 5.27. The summed E-state index contributed by atoms with van der Waals surface area (Å²) < 4.78 is 27.8. The monoisotopic (exact) mass is 394 g/mol. The van der Waals surface area contributed by atoms with Crippen LogP contribution < -0.4 is 5.32 Å². The quantitative estimate of drug-likeness (QED) is 0.718. The van der Waals surface area contributed by atoms with Crippen molar-refractivity contribution in [2.75, 3.05) is 13.6 Å². The predicted octanol–water partition coefficient (Wildman–Crippen LogP) is 3.57. The summed E-state index contributed by atoms with van der Waals surface area (Å²) in [5, 5.41) is 3.31. The summed E-state index contributed by atoms with van der Waals surface area (Å²) in [7, 11) is -1.68. The second-order valence-corrected chi connectivity index (χ2v) is 9.91. The third-order valence-electron chi connectivity index (χ3n) is 3.93. The Morgan fingerprint density at radius 1 is 1.43 bits per heavy atom. The van der Waals surface area contributed by atoms with Crippen LogP contribution in [0.15, 0.2) is 14.7 Å². The zero-order valence-corrected chi connectivity index (χ0v) is 15.8. The van der Waals surface area contributed by atoms with Crippen molar-refractivity contribution >= 4 is 37.3 Å². The number of rotatable bonds is 7. The fourth-order valence-corrected chi connectivity index (χ4v) is 6.68. The highest BCUT2D eigenvalue weighted by atomic mass is 79.9. The number of nitrogens with one attached hydrogen (secondary N) is 1. The van der Waals surface area contributed by atoms with Crippen LogP contribution in [0.3, 0.4) is 0 Å². The van der Waals surface area contributed by atoms with Crippen LogP contribution >= 0.6 is 27.3 Å². The van der Waals surface area contributed by atoms with Crippen LogP contribution in [-0.4, -0.2) is 32.4 Å². The van der Waals surface area contributed by atoms with Crippen LogP contribution in [0, 0.1) is 0 Å². The van der Waals surface area contributed by atoms with Gasteiger partial charge in [-0.25, -0.2) is 8.42 Å². The Labute approximate surface area is 140 Å². The van der Waals surface area contributed by atoms with E-state index >= 15 is 0 Å². The third-order valence-corrected chi connectivity index (χ3v) is 8.09. The van der Waals surface area contributed by atoms with Gasteiger partial charge in [0.15, 0.2) is 0 Å². The first-order chi connectivity index (χ1) is 9.96. The minimum absolute atomic E-state index is 0.156. The van der Waals surface area contributed by atoms with Crippen molar-refractivity contribution < 1.29 is 8.42 Å². The largest absolute Gasteiger partial charge is 0.312 e. The van der Waals surface area contributed by atoms with Gasteiger partial charge in [-0.1, -0.05) is 19.8 Å². The molecule has 0 aliphatic heterocycles. The van der Waals surface area contributed by atoms with Gasteiger partial charge in [-0.2, -0.15) is 4.31 Å². The van der Waals surface area contributed by atoms with Crippen LogP contribution in [0.1, 0.15) is 43.9 Å². The van der Waals surface area contributed by atoms with Gasteiger partial charge in [-0.15, -0.1) is 11.3 Å². The zero-order valence-electron chi connectivity index (χ0n) is 12.6. The maximum Gasteiger partial charge on any atom is 0.245 e. The molecule has 1 aliphatic rings. The molecule has 0 saturated heterocycles. The number of hydrogen-bond donors (Lipinski definition) is 1. The summed E-state index contributed by atoms with van der Waals surface area (Å²) in [6, 6.07) is 1.96. The van der Waals surface area contributed by atoms with E-state index in [2.05, 4.69) is 28.2 Å². The molecule has 0 bridgehead atoms. The van der Waals surface area contributed by atoms with E-state index in [-0.39, 0.29) is 6.04 Å². The van der Waals surface area contributed by atoms with Crippen molar-refractivity contribution in [2.24, 2.45) is 0 Å². The average molecular weight is 395 g/mol. The molecule has 7 heteroatoms. The molecule has 0 radical (unpaired) electrons. The molecule has 1 fully saturated rings. The Morgan fingerprint density at radius 2 is 2.10 bits per heavy atom. The highest BCUT2D eigenvalue weighted by Gasteiger charge is 2.32. The summed E-state index contributed by atoms with van der Waals surface area (Å²) >= 11 is 4.92.